The standard InChI is InChI=1S/C22H23N5O3/c1-17-14-24(15-18-5-3-2-4-6-18)11-12-26(17)22(28)19-7-8-20(21(13-19)27(29)30)25-10-9-23-16-25/h2-10,13,16-17H,11-12,14-15H2,1H3. The maximum atomic E-state index is 13.1. The lowest BCUT2D eigenvalue weighted by molar-refractivity contribution is -0.384. The monoisotopic (exact) mass is 405 g/mol. The van der Waals surface area contributed by atoms with E-state index >= 15 is 0 Å². The third-order valence-electron chi connectivity index (χ3n) is 5.42. The molecule has 1 unspecified atom stereocenters. The van der Waals surface area contributed by atoms with E-state index in [0.29, 0.717) is 17.8 Å². The Hall–Kier alpha value is -3.52. The molecule has 2 heterocycles. The molecule has 3 aromatic rings. The first-order valence-electron chi connectivity index (χ1n) is 9.87. The fourth-order valence-electron chi connectivity index (χ4n) is 3.91. The average molecular weight is 405 g/mol. The molecular weight excluding hydrogens is 382 g/mol. The zero-order valence-electron chi connectivity index (χ0n) is 16.7. The van der Waals surface area contributed by atoms with Crippen molar-refractivity contribution in [2.45, 2.75) is 19.5 Å². The van der Waals surface area contributed by atoms with Crippen LogP contribution in [0, 0.1) is 10.1 Å². The van der Waals surface area contributed by atoms with Crippen LogP contribution in [0.5, 0.6) is 0 Å². The van der Waals surface area contributed by atoms with Crippen LogP contribution in [0.15, 0.2) is 67.3 Å². The third kappa shape index (κ3) is 4.08. The van der Waals surface area contributed by atoms with E-state index in [0.717, 1.165) is 19.6 Å². The highest BCUT2D eigenvalue weighted by Crippen LogP contribution is 2.26. The van der Waals surface area contributed by atoms with Gasteiger partial charge in [0.05, 0.1) is 11.3 Å². The molecule has 4 rings (SSSR count). The summed E-state index contributed by atoms with van der Waals surface area (Å²) in [5, 5.41) is 11.6. The number of rotatable bonds is 5. The van der Waals surface area contributed by atoms with Gasteiger partial charge in [0.1, 0.15) is 5.69 Å². The van der Waals surface area contributed by atoms with Crippen molar-refractivity contribution >= 4 is 11.6 Å². The van der Waals surface area contributed by atoms with E-state index in [9.17, 15) is 14.9 Å². The van der Waals surface area contributed by atoms with Gasteiger partial charge in [-0.1, -0.05) is 30.3 Å². The number of carbonyl (C=O) groups excluding carboxylic acids is 1. The van der Waals surface area contributed by atoms with Gasteiger partial charge in [0.25, 0.3) is 11.6 Å². The zero-order valence-corrected chi connectivity index (χ0v) is 16.7. The summed E-state index contributed by atoms with van der Waals surface area (Å²) in [5.41, 5.74) is 1.84. The molecule has 1 aliphatic heterocycles. The second-order valence-corrected chi connectivity index (χ2v) is 7.50. The minimum atomic E-state index is -0.465. The van der Waals surface area contributed by atoms with E-state index in [1.807, 2.05) is 25.1 Å². The maximum Gasteiger partial charge on any atom is 0.294 e. The van der Waals surface area contributed by atoms with Crippen LogP contribution in [-0.4, -0.2) is 55.9 Å². The first-order valence-corrected chi connectivity index (χ1v) is 9.87. The molecule has 0 aliphatic carbocycles. The Bertz CT molecular complexity index is 1040. The minimum Gasteiger partial charge on any atom is -0.333 e. The summed E-state index contributed by atoms with van der Waals surface area (Å²) < 4.78 is 1.57. The van der Waals surface area contributed by atoms with Crippen LogP contribution in [-0.2, 0) is 6.54 Å². The Morgan fingerprint density at radius 1 is 1.20 bits per heavy atom. The molecule has 1 amide bonds. The number of piperazine rings is 1. The molecule has 2 aromatic carbocycles. The van der Waals surface area contributed by atoms with Gasteiger partial charge in [0.15, 0.2) is 0 Å². The third-order valence-corrected chi connectivity index (χ3v) is 5.42. The molecule has 8 nitrogen and oxygen atoms in total. The van der Waals surface area contributed by atoms with Gasteiger partial charge in [-0.2, -0.15) is 0 Å². The van der Waals surface area contributed by atoms with Crippen molar-refractivity contribution in [1.29, 1.82) is 0 Å². The van der Waals surface area contributed by atoms with Crippen LogP contribution in [0.1, 0.15) is 22.8 Å². The van der Waals surface area contributed by atoms with Crippen molar-refractivity contribution in [3.8, 4) is 5.69 Å². The van der Waals surface area contributed by atoms with Crippen molar-refractivity contribution in [3.63, 3.8) is 0 Å². The average Bonchev–Trinajstić information content (AvgIpc) is 3.28. The molecule has 0 N–H and O–H groups in total. The number of nitro benzene ring substituents is 1. The van der Waals surface area contributed by atoms with E-state index < -0.39 is 4.92 Å². The van der Waals surface area contributed by atoms with Crippen LogP contribution >= 0.6 is 0 Å². The lowest BCUT2D eigenvalue weighted by Crippen LogP contribution is -2.53. The molecule has 0 spiro atoms. The molecule has 1 saturated heterocycles. The van der Waals surface area contributed by atoms with E-state index in [1.54, 1.807) is 34.0 Å². The van der Waals surface area contributed by atoms with E-state index in [1.165, 1.54) is 18.0 Å². The summed E-state index contributed by atoms with van der Waals surface area (Å²) in [4.78, 5) is 32.3. The molecule has 1 atom stereocenters. The number of amides is 1. The predicted octanol–water partition coefficient (Wildman–Crippen LogP) is 3.13. The number of carbonyl (C=O) groups is 1. The summed E-state index contributed by atoms with van der Waals surface area (Å²) in [6.45, 7) is 4.97. The molecular formula is C22H23N5O3. The molecule has 0 saturated carbocycles. The van der Waals surface area contributed by atoms with Crippen molar-refractivity contribution in [3.05, 3.63) is 88.5 Å². The van der Waals surface area contributed by atoms with Crippen molar-refractivity contribution in [2.24, 2.45) is 0 Å². The predicted molar refractivity (Wildman–Crippen MR) is 112 cm³/mol. The topological polar surface area (TPSA) is 84.5 Å². The van der Waals surface area contributed by atoms with Crippen LogP contribution in [0.25, 0.3) is 5.69 Å². The number of hydrogen-bond donors (Lipinski definition) is 0. The van der Waals surface area contributed by atoms with Crippen LogP contribution in [0.2, 0.25) is 0 Å². The highest BCUT2D eigenvalue weighted by atomic mass is 16.6. The van der Waals surface area contributed by atoms with Gasteiger partial charge in [-0.25, -0.2) is 4.98 Å². The molecule has 1 aromatic heterocycles. The van der Waals surface area contributed by atoms with Crippen LogP contribution < -0.4 is 0 Å². The smallest absolute Gasteiger partial charge is 0.294 e. The molecule has 30 heavy (non-hydrogen) atoms. The van der Waals surface area contributed by atoms with Gasteiger partial charge in [0, 0.05) is 56.2 Å². The van der Waals surface area contributed by atoms with Crippen molar-refractivity contribution < 1.29 is 9.72 Å². The number of imidazole rings is 1. The summed E-state index contributed by atoms with van der Waals surface area (Å²) in [7, 11) is 0. The lowest BCUT2D eigenvalue weighted by Gasteiger charge is -2.40. The Morgan fingerprint density at radius 2 is 2.00 bits per heavy atom. The lowest BCUT2D eigenvalue weighted by atomic mass is 10.1. The second-order valence-electron chi connectivity index (χ2n) is 7.50. The van der Waals surface area contributed by atoms with Gasteiger partial charge in [-0.05, 0) is 24.6 Å². The molecule has 1 aliphatic rings. The number of aromatic nitrogens is 2. The Morgan fingerprint density at radius 3 is 2.67 bits per heavy atom. The molecule has 1 fully saturated rings. The first kappa shape index (κ1) is 19.8. The quantitative estimate of drug-likeness (QED) is 0.481. The Kier molecular flexibility index (Phi) is 5.58. The summed E-state index contributed by atoms with van der Waals surface area (Å²) in [5.74, 6) is -0.179. The van der Waals surface area contributed by atoms with Gasteiger partial charge >= 0.3 is 0 Å². The first-order chi connectivity index (χ1) is 14.5. The van der Waals surface area contributed by atoms with E-state index in [-0.39, 0.29) is 17.6 Å². The van der Waals surface area contributed by atoms with Gasteiger partial charge in [-0.3, -0.25) is 19.8 Å². The number of hydrogen-bond acceptors (Lipinski definition) is 5. The molecule has 0 bridgehead atoms. The Labute approximate surface area is 174 Å². The summed E-state index contributed by atoms with van der Waals surface area (Å²) in [6, 6.07) is 14.9. The highest BCUT2D eigenvalue weighted by Gasteiger charge is 2.29. The Balaban J connectivity index is 1.49. The minimum absolute atomic E-state index is 0.0161. The van der Waals surface area contributed by atoms with Crippen LogP contribution in [0.3, 0.4) is 0 Å². The number of nitrogens with zero attached hydrogens (tertiary/aromatic N) is 5. The van der Waals surface area contributed by atoms with Crippen molar-refractivity contribution in [1.82, 2.24) is 19.4 Å². The van der Waals surface area contributed by atoms with Gasteiger partial charge in [-0.15, -0.1) is 0 Å². The molecule has 0 radical (unpaired) electrons. The van der Waals surface area contributed by atoms with E-state index in [2.05, 4.69) is 22.0 Å². The summed E-state index contributed by atoms with van der Waals surface area (Å²) >= 11 is 0. The molecule has 154 valence electrons. The summed E-state index contributed by atoms with van der Waals surface area (Å²) in [6.07, 6.45) is 4.69. The largest absolute Gasteiger partial charge is 0.333 e. The SMILES string of the molecule is CC1CN(Cc2ccccc2)CCN1C(=O)c1ccc(-n2ccnc2)c([N+](=O)[O-])c1. The zero-order chi connectivity index (χ0) is 21.1. The maximum absolute atomic E-state index is 13.1. The normalized spacial score (nSPS) is 17.1. The number of nitro groups is 1. The van der Waals surface area contributed by atoms with Crippen LogP contribution in [0.4, 0.5) is 5.69 Å². The fourth-order valence-corrected chi connectivity index (χ4v) is 3.91. The highest BCUT2D eigenvalue weighted by molar-refractivity contribution is 5.95. The fraction of sp³-hybridized carbons (Fsp3) is 0.273. The number of benzene rings is 2. The second kappa shape index (κ2) is 8.46. The van der Waals surface area contributed by atoms with Gasteiger partial charge < -0.3 is 9.47 Å². The van der Waals surface area contributed by atoms with E-state index in [4.69, 9.17) is 0 Å². The van der Waals surface area contributed by atoms with Crippen molar-refractivity contribution in [2.75, 3.05) is 19.6 Å². The van der Waals surface area contributed by atoms with Gasteiger partial charge in [0.2, 0.25) is 0 Å². The molecule has 8 heteroatoms.